The van der Waals surface area contributed by atoms with Crippen molar-refractivity contribution in [3.05, 3.63) is 46.5 Å². The minimum absolute atomic E-state index is 0.0346. The Morgan fingerprint density at radius 2 is 1.87 bits per heavy atom. The van der Waals surface area contributed by atoms with E-state index in [2.05, 4.69) is 11.1 Å². The third-order valence-corrected chi connectivity index (χ3v) is 4.00. The van der Waals surface area contributed by atoms with Crippen LogP contribution >= 0.6 is 0 Å². The fourth-order valence-electron chi connectivity index (χ4n) is 2.96. The van der Waals surface area contributed by atoms with Gasteiger partial charge in [-0.2, -0.15) is 15.8 Å². The summed E-state index contributed by atoms with van der Waals surface area (Å²) in [6, 6.07) is 14.1. The van der Waals surface area contributed by atoms with E-state index >= 15 is 0 Å². The number of nitrogens with two attached hydrogens (primary N) is 1. The van der Waals surface area contributed by atoms with Gasteiger partial charge in [0.2, 0.25) is 11.6 Å². The van der Waals surface area contributed by atoms with Crippen LogP contribution in [0.4, 0.5) is 17.3 Å². The predicted octanol–water partition coefficient (Wildman–Crippen LogP) is 1.59. The van der Waals surface area contributed by atoms with Gasteiger partial charge < -0.3 is 5.73 Å². The summed E-state index contributed by atoms with van der Waals surface area (Å²) >= 11 is 0. The van der Waals surface area contributed by atoms with Crippen LogP contribution in [0.25, 0.3) is 0 Å². The maximum absolute atomic E-state index is 9.59. The Bertz CT molecular complexity index is 910. The van der Waals surface area contributed by atoms with E-state index in [1.165, 1.54) is 5.56 Å². The summed E-state index contributed by atoms with van der Waals surface area (Å²) in [5.74, 6) is 0.718. The Morgan fingerprint density at radius 1 is 1.13 bits per heavy atom. The molecule has 6 nitrogen and oxygen atoms in total. The van der Waals surface area contributed by atoms with Gasteiger partial charge in [0, 0.05) is 12.0 Å². The molecule has 0 aliphatic carbocycles. The summed E-state index contributed by atoms with van der Waals surface area (Å²) < 4.78 is 0. The number of aromatic nitrogens is 1. The molecule has 6 heteroatoms. The molecule has 2 aromatic rings. The van der Waals surface area contributed by atoms with Crippen molar-refractivity contribution in [3.8, 4) is 18.2 Å². The number of nitrogen functional groups attached to an aromatic ring is 1. The molecule has 0 fully saturated rings. The second-order valence-electron chi connectivity index (χ2n) is 5.20. The zero-order valence-electron chi connectivity index (χ0n) is 12.3. The fourth-order valence-corrected chi connectivity index (χ4v) is 2.96. The highest BCUT2D eigenvalue weighted by Gasteiger charge is 2.31. The maximum atomic E-state index is 9.59. The lowest BCUT2D eigenvalue weighted by Gasteiger charge is -2.16. The molecule has 0 unspecified atom stereocenters. The van der Waals surface area contributed by atoms with Gasteiger partial charge in [-0.15, -0.1) is 0 Å². The number of hydrogen-bond acceptors (Lipinski definition) is 5. The number of pyridine rings is 1. The molecule has 0 saturated heterocycles. The van der Waals surface area contributed by atoms with Gasteiger partial charge >= 0.3 is 0 Å². The number of para-hydroxylation sites is 1. The summed E-state index contributed by atoms with van der Waals surface area (Å²) in [5.41, 5.74) is 9.00. The average molecular weight is 301 g/mol. The number of aromatic amines is 1. The van der Waals surface area contributed by atoms with Crippen molar-refractivity contribution >= 4 is 17.3 Å². The van der Waals surface area contributed by atoms with Crippen molar-refractivity contribution < 1.29 is 4.98 Å². The quantitative estimate of drug-likeness (QED) is 0.904. The van der Waals surface area contributed by atoms with Crippen LogP contribution in [0.1, 0.15) is 22.3 Å². The summed E-state index contributed by atoms with van der Waals surface area (Å²) in [6.07, 6.45) is 0.829. The first kappa shape index (κ1) is 14.4. The van der Waals surface area contributed by atoms with Crippen LogP contribution in [-0.2, 0) is 12.8 Å². The zero-order chi connectivity index (χ0) is 16.4. The molecule has 0 amide bonds. The molecule has 110 valence electrons. The Kier molecular flexibility index (Phi) is 3.55. The molecule has 1 aromatic heterocycles. The van der Waals surface area contributed by atoms with E-state index in [-0.39, 0.29) is 17.8 Å². The van der Waals surface area contributed by atoms with Crippen molar-refractivity contribution in [2.24, 2.45) is 0 Å². The number of nitrogens with zero attached hydrogens (tertiary/aromatic N) is 4. The van der Waals surface area contributed by atoms with Gasteiger partial charge in [-0.05, 0) is 11.6 Å². The van der Waals surface area contributed by atoms with Crippen LogP contribution in [0.3, 0.4) is 0 Å². The predicted molar refractivity (Wildman–Crippen MR) is 83.3 cm³/mol. The Morgan fingerprint density at radius 3 is 2.57 bits per heavy atom. The number of nitriles is 3. The van der Waals surface area contributed by atoms with Gasteiger partial charge in [-0.25, -0.2) is 4.98 Å². The van der Waals surface area contributed by atoms with Gasteiger partial charge in [-0.1, -0.05) is 18.2 Å². The first-order valence-corrected chi connectivity index (χ1v) is 7.11. The SMILES string of the molecule is N#CCc1c(C#N)c(N)[nH+]c(N2CCc3ccccc32)c1C#N. The van der Waals surface area contributed by atoms with E-state index in [9.17, 15) is 10.5 Å². The first-order chi connectivity index (χ1) is 11.2. The molecule has 1 aliphatic rings. The van der Waals surface area contributed by atoms with Crippen LogP contribution in [0.5, 0.6) is 0 Å². The van der Waals surface area contributed by atoms with Crippen LogP contribution in [0.2, 0.25) is 0 Å². The van der Waals surface area contributed by atoms with Crippen molar-refractivity contribution in [2.45, 2.75) is 12.8 Å². The van der Waals surface area contributed by atoms with E-state index in [0.717, 1.165) is 12.1 Å². The number of rotatable bonds is 2. The van der Waals surface area contributed by atoms with Gasteiger partial charge in [0.1, 0.15) is 29.0 Å². The minimum atomic E-state index is -0.0346. The number of H-pyrrole nitrogens is 1. The van der Waals surface area contributed by atoms with Gasteiger partial charge in [0.05, 0.1) is 19.0 Å². The van der Waals surface area contributed by atoms with E-state index in [1.807, 2.05) is 41.3 Å². The number of hydrogen-bond donors (Lipinski definition) is 1. The largest absolute Gasteiger partial charge is 0.318 e. The molecule has 1 aliphatic heterocycles. The van der Waals surface area contributed by atoms with Gasteiger partial charge in [0.25, 0.3) is 0 Å². The van der Waals surface area contributed by atoms with E-state index < -0.39 is 0 Å². The molecule has 0 radical (unpaired) electrons. The minimum Gasteiger partial charge on any atom is -0.318 e. The van der Waals surface area contributed by atoms with Crippen LogP contribution in [-0.4, -0.2) is 6.54 Å². The fraction of sp³-hybridized carbons (Fsp3) is 0.176. The molecule has 2 heterocycles. The molecule has 23 heavy (non-hydrogen) atoms. The molecular weight excluding hydrogens is 288 g/mol. The second-order valence-corrected chi connectivity index (χ2v) is 5.20. The number of fused-ring (bicyclic) bond motifs is 1. The van der Waals surface area contributed by atoms with Crippen molar-refractivity contribution in [2.75, 3.05) is 17.2 Å². The molecule has 0 spiro atoms. The lowest BCUT2D eigenvalue weighted by molar-refractivity contribution is -0.346. The number of anilines is 3. The normalized spacial score (nSPS) is 12.1. The monoisotopic (exact) mass is 301 g/mol. The molecular formula is C17H13N6+. The van der Waals surface area contributed by atoms with Crippen LogP contribution in [0, 0.1) is 34.0 Å². The van der Waals surface area contributed by atoms with E-state index in [0.29, 0.717) is 23.5 Å². The van der Waals surface area contributed by atoms with Crippen molar-refractivity contribution in [1.29, 1.82) is 15.8 Å². The third-order valence-electron chi connectivity index (χ3n) is 4.00. The van der Waals surface area contributed by atoms with Crippen molar-refractivity contribution in [3.63, 3.8) is 0 Å². The molecule has 0 saturated carbocycles. The van der Waals surface area contributed by atoms with E-state index in [1.54, 1.807) is 0 Å². The van der Waals surface area contributed by atoms with Crippen LogP contribution < -0.4 is 15.6 Å². The highest BCUT2D eigenvalue weighted by molar-refractivity contribution is 5.73. The zero-order valence-corrected chi connectivity index (χ0v) is 12.3. The molecule has 0 atom stereocenters. The Hall–Kier alpha value is -3.56. The maximum Gasteiger partial charge on any atom is 0.245 e. The summed E-state index contributed by atoms with van der Waals surface area (Å²) in [6.45, 7) is 0.710. The molecule has 3 rings (SSSR count). The first-order valence-electron chi connectivity index (χ1n) is 7.11. The summed E-state index contributed by atoms with van der Waals surface area (Å²) in [4.78, 5) is 4.96. The molecule has 0 bridgehead atoms. The number of benzene rings is 1. The van der Waals surface area contributed by atoms with Gasteiger partial charge in [0.15, 0.2) is 0 Å². The topological polar surface area (TPSA) is 115 Å². The van der Waals surface area contributed by atoms with E-state index in [4.69, 9.17) is 11.0 Å². The number of nitrogens with one attached hydrogen (secondary N) is 1. The smallest absolute Gasteiger partial charge is 0.245 e. The molecule has 3 N–H and O–H groups in total. The third kappa shape index (κ3) is 2.21. The van der Waals surface area contributed by atoms with Gasteiger partial charge in [-0.3, -0.25) is 4.90 Å². The average Bonchev–Trinajstić information content (AvgIpc) is 2.99. The second kappa shape index (κ2) is 5.67. The lowest BCUT2D eigenvalue weighted by atomic mass is 10.0. The standard InChI is InChI=1S/C17H12N6/c18-7-5-12-13(9-19)16(21)22-17(14(12)10-20)23-8-6-11-3-1-2-4-15(11)23/h1-4H,5-6,8H2,(H2,21,22)/p+1. The summed E-state index contributed by atoms with van der Waals surface area (Å²) in [5, 5.41) is 27.9. The summed E-state index contributed by atoms with van der Waals surface area (Å²) in [7, 11) is 0. The van der Waals surface area contributed by atoms with Crippen LogP contribution in [0.15, 0.2) is 24.3 Å². The van der Waals surface area contributed by atoms with Crippen molar-refractivity contribution in [1.82, 2.24) is 0 Å². The molecule has 1 aromatic carbocycles. The highest BCUT2D eigenvalue weighted by Crippen LogP contribution is 2.35. The lowest BCUT2D eigenvalue weighted by Crippen LogP contribution is -2.28. The Balaban J connectivity index is 2.25. The highest BCUT2D eigenvalue weighted by atomic mass is 15.2. The Labute approximate surface area is 133 Å².